The number of fused-ring (bicyclic) bond motifs is 1. The number of halogens is 1. The molecule has 4 rings (SSSR count). The third-order valence-electron chi connectivity index (χ3n) is 4.68. The second-order valence-corrected chi connectivity index (χ2v) is 6.67. The van der Waals surface area contributed by atoms with E-state index in [-0.39, 0.29) is 25.5 Å². The fraction of sp³-hybridized carbons (Fsp3) is 0.200. The molecule has 2 aromatic carbocycles. The number of rotatable bonds is 6. The van der Waals surface area contributed by atoms with Crippen molar-refractivity contribution in [3.63, 3.8) is 0 Å². The average molecular weight is 411 g/mol. The molecule has 1 N–H and O–H groups in total. The molecule has 1 aliphatic heterocycles. The highest BCUT2D eigenvalue weighted by Gasteiger charge is 2.33. The van der Waals surface area contributed by atoms with E-state index in [1.54, 1.807) is 43.5 Å². The van der Waals surface area contributed by atoms with Gasteiger partial charge in [-0.05, 0) is 42.0 Å². The summed E-state index contributed by atoms with van der Waals surface area (Å²) in [6.45, 7) is -0.120. The summed E-state index contributed by atoms with van der Waals surface area (Å²) in [4.78, 5) is 38.8. The van der Waals surface area contributed by atoms with Crippen molar-refractivity contribution in [1.82, 2.24) is 19.7 Å². The quantitative estimate of drug-likeness (QED) is 0.663. The number of nitrogens with one attached hydrogen (secondary N) is 1. The molecule has 2 heterocycles. The van der Waals surface area contributed by atoms with Crippen LogP contribution in [0, 0.1) is 5.82 Å². The van der Waals surface area contributed by atoms with Crippen LogP contribution >= 0.6 is 0 Å². The number of amides is 2. The molecule has 0 radical (unpaired) electrons. The first-order chi connectivity index (χ1) is 14.5. The van der Waals surface area contributed by atoms with Crippen LogP contribution in [0.4, 0.5) is 14.9 Å². The largest absolute Gasteiger partial charge is 0.497 e. The maximum Gasteiger partial charge on any atom is 0.354 e. The van der Waals surface area contributed by atoms with Crippen molar-refractivity contribution < 1.29 is 18.7 Å². The van der Waals surface area contributed by atoms with Crippen molar-refractivity contribution in [2.75, 3.05) is 12.0 Å². The summed E-state index contributed by atoms with van der Waals surface area (Å²) in [6.07, 6.45) is 0. The molecule has 10 heteroatoms. The Kier molecular flexibility index (Phi) is 5.05. The van der Waals surface area contributed by atoms with Gasteiger partial charge in [0.2, 0.25) is 5.91 Å². The zero-order chi connectivity index (χ0) is 21.3. The molecule has 30 heavy (non-hydrogen) atoms. The van der Waals surface area contributed by atoms with Crippen LogP contribution < -0.4 is 20.6 Å². The molecule has 0 fully saturated rings. The van der Waals surface area contributed by atoms with Gasteiger partial charge in [0.1, 0.15) is 18.1 Å². The Morgan fingerprint density at radius 2 is 1.97 bits per heavy atom. The van der Waals surface area contributed by atoms with E-state index >= 15 is 0 Å². The summed E-state index contributed by atoms with van der Waals surface area (Å²) in [7, 11) is 1.54. The highest BCUT2D eigenvalue weighted by Crippen LogP contribution is 2.24. The minimum Gasteiger partial charge on any atom is -0.497 e. The molecule has 0 unspecified atom stereocenters. The highest BCUT2D eigenvalue weighted by molar-refractivity contribution is 5.96. The standard InChI is InChI=1S/C20H18FN5O4/c1-30-16-7-5-15(6-8-16)24-11-17-23-25(20(29)26(17)19(24)28)12-18(27)22-10-13-3-2-4-14(21)9-13/h2-9H,10-12H2,1H3,(H,22,27). The van der Waals surface area contributed by atoms with Crippen LogP contribution in [0.1, 0.15) is 11.4 Å². The Labute approximate surface area is 170 Å². The van der Waals surface area contributed by atoms with E-state index < -0.39 is 23.4 Å². The third-order valence-corrected chi connectivity index (χ3v) is 4.68. The Bertz CT molecular complexity index is 1170. The van der Waals surface area contributed by atoms with Gasteiger partial charge in [0.25, 0.3) is 0 Å². The van der Waals surface area contributed by atoms with E-state index in [4.69, 9.17) is 4.74 Å². The SMILES string of the molecule is COc1ccc(N2Cc3nn(CC(=O)NCc4cccc(F)c4)c(=O)n3C2=O)cc1. The summed E-state index contributed by atoms with van der Waals surface area (Å²) in [6, 6.07) is 12.1. The summed E-state index contributed by atoms with van der Waals surface area (Å²) < 4.78 is 20.2. The Balaban J connectivity index is 1.44. The van der Waals surface area contributed by atoms with Gasteiger partial charge in [-0.1, -0.05) is 12.1 Å². The first-order valence-electron chi connectivity index (χ1n) is 9.12. The van der Waals surface area contributed by atoms with Gasteiger partial charge in [-0.15, -0.1) is 0 Å². The van der Waals surface area contributed by atoms with Gasteiger partial charge in [0, 0.05) is 12.2 Å². The maximum absolute atomic E-state index is 13.2. The number of benzene rings is 2. The van der Waals surface area contributed by atoms with E-state index in [2.05, 4.69) is 10.4 Å². The third kappa shape index (κ3) is 3.66. The summed E-state index contributed by atoms with van der Waals surface area (Å²) in [5.74, 6) is 0.0227. The number of nitrogens with zero attached hydrogens (tertiary/aromatic N) is 4. The van der Waals surface area contributed by atoms with E-state index in [9.17, 15) is 18.8 Å². The maximum atomic E-state index is 13.2. The lowest BCUT2D eigenvalue weighted by Crippen LogP contribution is -2.37. The number of hydrogen-bond donors (Lipinski definition) is 1. The minimum atomic E-state index is -0.688. The van der Waals surface area contributed by atoms with Gasteiger partial charge in [-0.25, -0.2) is 18.7 Å². The highest BCUT2D eigenvalue weighted by atomic mass is 19.1. The molecule has 0 aliphatic carbocycles. The molecular formula is C20H18FN5O4. The van der Waals surface area contributed by atoms with Crippen LogP contribution in [0.15, 0.2) is 53.3 Å². The van der Waals surface area contributed by atoms with E-state index in [1.165, 1.54) is 17.0 Å². The second-order valence-electron chi connectivity index (χ2n) is 6.67. The Hall–Kier alpha value is -3.95. The summed E-state index contributed by atoms with van der Waals surface area (Å²) in [5, 5.41) is 6.72. The Morgan fingerprint density at radius 3 is 2.63 bits per heavy atom. The molecule has 0 bridgehead atoms. The number of carbonyl (C=O) groups excluding carboxylic acids is 2. The number of anilines is 1. The molecule has 0 atom stereocenters. The smallest absolute Gasteiger partial charge is 0.354 e. The van der Waals surface area contributed by atoms with Crippen LogP contribution in [0.3, 0.4) is 0 Å². The van der Waals surface area contributed by atoms with Gasteiger partial charge in [-0.2, -0.15) is 9.67 Å². The summed E-state index contributed by atoms with van der Waals surface area (Å²) in [5.41, 5.74) is 0.505. The van der Waals surface area contributed by atoms with Crippen molar-refractivity contribution in [3.05, 3.63) is 76.2 Å². The molecule has 1 aliphatic rings. The van der Waals surface area contributed by atoms with Crippen LogP contribution in [0.2, 0.25) is 0 Å². The number of hydrogen-bond acceptors (Lipinski definition) is 5. The van der Waals surface area contributed by atoms with E-state index in [0.29, 0.717) is 17.0 Å². The normalized spacial score (nSPS) is 12.7. The number of ether oxygens (including phenoxy) is 1. The second kappa shape index (κ2) is 7.82. The fourth-order valence-electron chi connectivity index (χ4n) is 3.18. The zero-order valence-electron chi connectivity index (χ0n) is 16.0. The zero-order valence-corrected chi connectivity index (χ0v) is 16.0. The minimum absolute atomic E-state index is 0.109. The van der Waals surface area contributed by atoms with Gasteiger partial charge < -0.3 is 10.1 Å². The molecule has 0 spiro atoms. The molecule has 2 amide bonds. The molecule has 154 valence electrons. The lowest BCUT2D eigenvalue weighted by atomic mass is 10.2. The number of carbonyl (C=O) groups is 2. The average Bonchev–Trinajstić information content (AvgIpc) is 3.23. The monoisotopic (exact) mass is 411 g/mol. The number of methoxy groups -OCH3 is 1. The van der Waals surface area contributed by atoms with Crippen LogP contribution in [0.25, 0.3) is 0 Å². The van der Waals surface area contributed by atoms with Crippen LogP contribution in [-0.4, -0.2) is 33.4 Å². The lowest BCUT2D eigenvalue weighted by molar-refractivity contribution is -0.122. The Morgan fingerprint density at radius 1 is 1.20 bits per heavy atom. The fourth-order valence-corrected chi connectivity index (χ4v) is 3.18. The van der Waals surface area contributed by atoms with Crippen molar-refractivity contribution in [2.45, 2.75) is 19.6 Å². The van der Waals surface area contributed by atoms with Crippen molar-refractivity contribution >= 4 is 17.6 Å². The summed E-state index contributed by atoms with van der Waals surface area (Å²) >= 11 is 0. The first kappa shape index (κ1) is 19.4. The van der Waals surface area contributed by atoms with Gasteiger partial charge >= 0.3 is 11.7 Å². The van der Waals surface area contributed by atoms with Crippen molar-refractivity contribution in [3.8, 4) is 5.75 Å². The van der Waals surface area contributed by atoms with Gasteiger partial charge in [-0.3, -0.25) is 9.69 Å². The van der Waals surface area contributed by atoms with E-state index in [1.807, 2.05) is 0 Å². The van der Waals surface area contributed by atoms with Gasteiger partial charge in [0.15, 0.2) is 5.82 Å². The lowest BCUT2D eigenvalue weighted by Gasteiger charge is -2.15. The predicted octanol–water partition coefficient (Wildman–Crippen LogP) is 1.50. The molecule has 0 saturated carbocycles. The molecule has 9 nitrogen and oxygen atoms in total. The predicted molar refractivity (Wildman–Crippen MR) is 105 cm³/mol. The van der Waals surface area contributed by atoms with Crippen LogP contribution in [0.5, 0.6) is 5.75 Å². The molecule has 0 saturated heterocycles. The molecule has 1 aromatic heterocycles. The molecular weight excluding hydrogens is 393 g/mol. The van der Waals surface area contributed by atoms with Crippen molar-refractivity contribution in [2.24, 2.45) is 0 Å². The molecule has 3 aromatic rings. The van der Waals surface area contributed by atoms with E-state index in [0.717, 1.165) is 9.25 Å². The first-order valence-corrected chi connectivity index (χ1v) is 9.12. The van der Waals surface area contributed by atoms with Crippen LogP contribution in [-0.2, 0) is 24.4 Å². The topological polar surface area (TPSA) is 98.5 Å². The van der Waals surface area contributed by atoms with Gasteiger partial charge in [0.05, 0.1) is 13.7 Å². The van der Waals surface area contributed by atoms with Crippen molar-refractivity contribution in [1.29, 1.82) is 0 Å². The number of aromatic nitrogens is 3.